The Bertz CT molecular complexity index is 247. The lowest BCUT2D eigenvalue weighted by atomic mass is 9.91. The molecule has 1 N–H and O–H groups in total. The first-order chi connectivity index (χ1) is 9.22. The molecule has 3 heteroatoms. The molecule has 0 saturated carbocycles. The SMILES string of the molecule is CCCCC(CC)C(=O)N1CCC(CCNC)CC1. The zero-order valence-corrected chi connectivity index (χ0v) is 13.1. The van der Waals surface area contributed by atoms with E-state index in [4.69, 9.17) is 0 Å². The number of carbonyl (C=O) groups is 1. The number of nitrogens with one attached hydrogen (secondary N) is 1. The molecule has 1 amide bonds. The number of piperidine rings is 1. The normalized spacial score (nSPS) is 18.6. The molecule has 0 radical (unpaired) electrons. The van der Waals surface area contributed by atoms with Crippen molar-refractivity contribution in [2.75, 3.05) is 26.7 Å². The van der Waals surface area contributed by atoms with Crippen LogP contribution in [0.25, 0.3) is 0 Å². The summed E-state index contributed by atoms with van der Waals surface area (Å²) >= 11 is 0. The highest BCUT2D eigenvalue weighted by molar-refractivity contribution is 5.78. The second-order valence-electron chi connectivity index (χ2n) is 5.91. The zero-order valence-electron chi connectivity index (χ0n) is 13.1. The Morgan fingerprint density at radius 1 is 1.32 bits per heavy atom. The minimum absolute atomic E-state index is 0.272. The van der Waals surface area contributed by atoms with E-state index >= 15 is 0 Å². The maximum Gasteiger partial charge on any atom is 0.225 e. The Hall–Kier alpha value is -0.570. The van der Waals surface area contributed by atoms with Crippen LogP contribution in [0, 0.1) is 11.8 Å². The first kappa shape index (κ1) is 16.5. The second kappa shape index (κ2) is 9.35. The van der Waals surface area contributed by atoms with Crippen LogP contribution in [0.2, 0.25) is 0 Å². The average molecular weight is 268 g/mol. The molecule has 0 aromatic rings. The highest BCUT2D eigenvalue weighted by Crippen LogP contribution is 2.23. The fourth-order valence-electron chi connectivity index (χ4n) is 3.00. The molecule has 0 aromatic heterocycles. The Labute approximate surface area is 119 Å². The number of hydrogen-bond acceptors (Lipinski definition) is 2. The van der Waals surface area contributed by atoms with Crippen molar-refractivity contribution in [3.8, 4) is 0 Å². The quantitative estimate of drug-likeness (QED) is 0.734. The molecule has 0 aliphatic carbocycles. The van der Waals surface area contributed by atoms with Crippen molar-refractivity contribution < 1.29 is 4.79 Å². The van der Waals surface area contributed by atoms with Crippen molar-refractivity contribution in [1.82, 2.24) is 10.2 Å². The topological polar surface area (TPSA) is 32.3 Å². The van der Waals surface area contributed by atoms with Gasteiger partial charge in [0.15, 0.2) is 0 Å². The van der Waals surface area contributed by atoms with Gasteiger partial charge in [-0.1, -0.05) is 26.7 Å². The summed E-state index contributed by atoms with van der Waals surface area (Å²) in [5, 5.41) is 3.22. The van der Waals surface area contributed by atoms with Crippen LogP contribution in [0.5, 0.6) is 0 Å². The molecular weight excluding hydrogens is 236 g/mol. The van der Waals surface area contributed by atoms with Crippen LogP contribution in [0.15, 0.2) is 0 Å². The summed E-state index contributed by atoms with van der Waals surface area (Å²) in [4.78, 5) is 14.6. The van der Waals surface area contributed by atoms with Gasteiger partial charge in [0.05, 0.1) is 0 Å². The predicted octanol–water partition coefficient (Wildman–Crippen LogP) is 3.05. The van der Waals surface area contributed by atoms with Gasteiger partial charge in [-0.2, -0.15) is 0 Å². The van der Waals surface area contributed by atoms with Crippen molar-refractivity contribution in [3.05, 3.63) is 0 Å². The third-order valence-corrected chi connectivity index (χ3v) is 4.48. The molecular formula is C16H32N2O. The van der Waals surface area contributed by atoms with E-state index in [-0.39, 0.29) is 5.92 Å². The Balaban J connectivity index is 2.34. The van der Waals surface area contributed by atoms with Crippen molar-refractivity contribution in [2.45, 2.75) is 58.8 Å². The summed E-state index contributed by atoms with van der Waals surface area (Å²) < 4.78 is 0. The standard InChI is InChI=1S/C16H32N2O/c1-4-6-7-15(5-2)16(19)18-12-9-14(10-13-18)8-11-17-3/h14-15,17H,4-13H2,1-3H3. The van der Waals surface area contributed by atoms with E-state index in [1.54, 1.807) is 0 Å². The maximum absolute atomic E-state index is 12.5. The molecule has 1 fully saturated rings. The lowest BCUT2D eigenvalue weighted by molar-refractivity contribution is -0.137. The molecule has 1 aliphatic rings. The maximum atomic E-state index is 12.5. The van der Waals surface area contributed by atoms with Crippen LogP contribution in [0.3, 0.4) is 0 Å². The van der Waals surface area contributed by atoms with Crippen molar-refractivity contribution in [1.29, 1.82) is 0 Å². The van der Waals surface area contributed by atoms with Gasteiger partial charge in [-0.25, -0.2) is 0 Å². The summed E-state index contributed by atoms with van der Waals surface area (Å²) in [5.74, 6) is 1.50. The fraction of sp³-hybridized carbons (Fsp3) is 0.938. The first-order valence-corrected chi connectivity index (χ1v) is 8.16. The van der Waals surface area contributed by atoms with Crippen LogP contribution in [0.4, 0.5) is 0 Å². The monoisotopic (exact) mass is 268 g/mol. The molecule has 3 nitrogen and oxygen atoms in total. The second-order valence-corrected chi connectivity index (χ2v) is 5.91. The Morgan fingerprint density at radius 3 is 2.53 bits per heavy atom. The smallest absolute Gasteiger partial charge is 0.225 e. The van der Waals surface area contributed by atoms with Crippen LogP contribution >= 0.6 is 0 Å². The summed E-state index contributed by atoms with van der Waals surface area (Å²) in [5.41, 5.74) is 0. The predicted molar refractivity (Wildman–Crippen MR) is 81.2 cm³/mol. The van der Waals surface area contributed by atoms with E-state index in [1.807, 2.05) is 7.05 Å². The van der Waals surface area contributed by atoms with Crippen molar-refractivity contribution in [2.24, 2.45) is 11.8 Å². The lowest BCUT2D eigenvalue weighted by Gasteiger charge is -2.34. The third-order valence-electron chi connectivity index (χ3n) is 4.48. The zero-order chi connectivity index (χ0) is 14.1. The number of carbonyl (C=O) groups excluding carboxylic acids is 1. The largest absolute Gasteiger partial charge is 0.342 e. The lowest BCUT2D eigenvalue weighted by Crippen LogP contribution is -2.42. The highest BCUT2D eigenvalue weighted by atomic mass is 16.2. The van der Waals surface area contributed by atoms with Gasteiger partial charge in [0, 0.05) is 19.0 Å². The summed E-state index contributed by atoms with van der Waals surface area (Å²) in [6.45, 7) is 7.42. The van der Waals surface area contributed by atoms with Gasteiger partial charge in [-0.15, -0.1) is 0 Å². The highest BCUT2D eigenvalue weighted by Gasteiger charge is 2.26. The van der Waals surface area contributed by atoms with Gasteiger partial charge < -0.3 is 10.2 Å². The van der Waals surface area contributed by atoms with Crippen molar-refractivity contribution in [3.63, 3.8) is 0 Å². The van der Waals surface area contributed by atoms with Crippen LogP contribution in [0.1, 0.15) is 58.8 Å². The number of rotatable bonds is 8. The van der Waals surface area contributed by atoms with E-state index in [0.717, 1.165) is 38.4 Å². The van der Waals surface area contributed by atoms with E-state index in [0.29, 0.717) is 5.91 Å². The molecule has 0 bridgehead atoms. The molecule has 1 saturated heterocycles. The van der Waals surface area contributed by atoms with Crippen LogP contribution < -0.4 is 5.32 Å². The molecule has 19 heavy (non-hydrogen) atoms. The number of unbranched alkanes of at least 4 members (excludes halogenated alkanes) is 1. The molecule has 1 aliphatic heterocycles. The molecule has 1 atom stereocenters. The molecule has 0 aromatic carbocycles. The molecule has 0 spiro atoms. The molecule has 1 unspecified atom stereocenters. The average Bonchev–Trinajstić information content (AvgIpc) is 2.46. The van der Waals surface area contributed by atoms with Crippen LogP contribution in [-0.2, 0) is 4.79 Å². The van der Waals surface area contributed by atoms with E-state index in [1.165, 1.54) is 32.1 Å². The molecule has 1 rings (SSSR count). The first-order valence-electron chi connectivity index (χ1n) is 8.16. The van der Waals surface area contributed by atoms with Gasteiger partial charge in [-0.3, -0.25) is 4.79 Å². The van der Waals surface area contributed by atoms with Gasteiger partial charge >= 0.3 is 0 Å². The van der Waals surface area contributed by atoms with Gasteiger partial charge in [0.2, 0.25) is 5.91 Å². The van der Waals surface area contributed by atoms with E-state index in [9.17, 15) is 4.79 Å². The summed E-state index contributed by atoms with van der Waals surface area (Å²) in [6.07, 6.45) is 8.09. The Morgan fingerprint density at radius 2 is 2.00 bits per heavy atom. The van der Waals surface area contributed by atoms with Crippen LogP contribution in [-0.4, -0.2) is 37.5 Å². The number of hydrogen-bond donors (Lipinski definition) is 1. The Kier molecular flexibility index (Phi) is 8.11. The summed E-state index contributed by atoms with van der Waals surface area (Å²) in [6, 6.07) is 0. The van der Waals surface area contributed by atoms with Gasteiger partial charge in [0.1, 0.15) is 0 Å². The van der Waals surface area contributed by atoms with E-state index < -0.39 is 0 Å². The van der Waals surface area contributed by atoms with E-state index in [2.05, 4.69) is 24.1 Å². The van der Waals surface area contributed by atoms with Crippen molar-refractivity contribution >= 4 is 5.91 Å². The van der Waals surface area contributed by atoms with Gasteiger partial charge in [0.25, 0.3) is 0 Å². The minimum Gasteiger partial charge on any atom is -0.342 e. The summed E-state index contributed by atoms with van der Waals surface area (Å²) in [7, 11) is 2.01. The number of nitrogens with zero attached hydrogens (tertiary/aromatic N) is 1. The number of amides is 1. The number of likely N-dealkylation sites (tertiary alicyclic amines) is 1. The molecule has 112 valence electrons. The van der Waals surface area contributed by atoms with Gasteiger partial charge in [-0.05, 0) is 51.6 Å². The third kappa shape index (κ3) is 5.52. The minimum atomic E-state index is 0.272. The molecule has 1 heterocycles. The fourth-order valence-corrected chi connectivity index (χ4v) is 3.00.